The molecule has 2 aromatic rings. The first-order valence-electron chi connectivity index (χ1n) is 11.7. The molecule has 0 fully saturated rings. The number of fused-ring (bicyclic) bond motifs is 2. The van der Waals surface area contributed by atoms with Gasteiger partial charge in [0.15, 0.2) is 17.3 Å². The molecule has 1 amide bonds. The van der Waals surface area contributed by atoms with Gasteiger partial charge in [0.2, 0.25) is 12.7 Å². The predicted octanol–water partition coefficient (Wildman–Crippen LogP) is 5.14. The zero-order valence-corrected chi connectivity index (χ0v) is 19.1. The Kier molecular flexibility index (Phi) is 4.99. The van der Waals surface area contributed by atoms with Gasteiger partial charge in [0.05, 0.1) is 5.56 Å². The molecule has 2 aliphatic heterocycles. The monoisotopic (exact) mass is 460 g/mol. The summed E-state index contributed by atoms with van der Waals surface area (Å²) in [5, 5.41) is 10.8. The van der Waals surface area contributed by atoms with Crippen LogP contribution in [-0.2, 0) is 22.4 Å². The molecule has 0 unspecified atom stereocenters. The van der Waals surface area contributed by atoms with E-state index >= 15 is 0 Å². The van der Waals surface area contributed by atoms with Gasteiger partial charge in [-0.1, -0.05) is 12.5 Å². The van der Waals surface area contributed by atoms with Crippen LogP contribution in [0.1, 0.15) is 72.4 Å². The zero-order chi connectivity index (χ0) is 22.5. The van der Waals surface area contributed by atoms with Gasteiger partial charge in [0, 0.05) is 34.9 Å². The third kappa shape index (κ3) is 3.27. The smallest absolute Gasteiger partial charge is 0.232 e. The SMILES string of the molecule is N#Cc1c(N2C(=O)C[C@H](c3ccc4c(c3)OCO4)C3=C2CCCC3=O)sc2c1CCCCC2. The Balaban J connectivity index is 1.48. The van der Waals surface area contributed by atoms with Crippen LogP contribution in [0.15, 0.2) is 29.5 Å². The Bertz CT molecular complexity index is 1250. The molecule has 6 rings (SSSR count). The number of benzene rings is 1. The van der Waals surface area contributed by atoms with E-state index in [9.17, 15) is 14.9 Å². The van der Waals surface area contributed by atoms with Crippen LogP contribution < -0.4 is 14.4 Å². The van der Waals surface area contributed by atoms with Gasteiger partial charge < -0.3 is 9.47 Å². The summed E-state index contributed by atoms with van der Waals surface area (Å²) in [6.07, 6.45) is 7.30. The number of ketones is 1. The number of hydrogen-bond donors (Lipinski definition) is 0. The van der Waals surface area contributed by atoms with Crippen LogP contribution in [-0.4, -0.2) is 18.5 Å². The van der Waals surface area contributed by atoms with Crippen molar-refractivity contribution < 1.29 is 19.1 Å². The fourth-order valence-electron chi connectivity index (χ4n) is 5.64. The molecule has 33 heavy (non-hydrogen) atoms. The fraction of sp³-hybridized carbons (Fsp3) is 0.423. The number of nitriles is 1. The lowest BCUT2D eigenvalue weighted by atomic mass is 9.77. The first-order chi connectivity index (χ1) is 16.2. The molecule has 0 saturated heterocycles. The third-order valence-electron chi connectivity index (χ3n) is 7.19. The number of thiophene rings is 1. The summed E-state index contributed by atoms with van der Waals surface area (Å²) in [5.74, 6) is 1.11. The molecule has 0 N–H and O–H groups in total. The summed E-state index contributed by atoms with van der Waals surface area (Å²) in [7, 11) is 0. The van der Waals surface area contributed by atoms with E-state index in [0.29, 0.717) is 29.9 Å². The average Bonchev–Trinajstić information content (AvgIpc) is 3.35. The highest BCUT2D eigenvalue weighted by Crippen LogP contribution is 2.48. The summed E-state index contributed by atoms with van der Waals surface area (Å²) >= 11 is 1.58. The topological polar surface area (TPSA) is 79.6 Å². The van der Waals surface area contributed by atoms with Crippen LogP contribution in [0.4, 0.5) is 5.00 Å². The largest absolute Gasteiger partial charge is 0.454 e. The van der Waals surface area contributed by atoms with Gasteiger partial charge in [0.1, 0.15) is 11.1 Å². The van der Waals surface area contributed by atoms with E-state index in [4.69, 9.17) is 9.47 Å². The van der Waals surface area contributed by atoms with Crippen LogP contribution in [0.25, 0.3) is 0 Å². The van der Waals surface area contributed by atoms with Gasteiger partial charge in [0.25, 0.3) is 0 Å². The van der Waals surface area contributed by atoms with Gasteiger partial charge >= 0.3 is 0 Å². The molecule has 4 aliphatic rings. The summed E-state index contributed by atoms with van der Waals surface area (Å²) in [6.45, 7) is 0.184. The summed E-state index contributed by atoms with van der Waals surface area (Å²) in [5.41, 5.74) is 4.17. The van der Waals surface area contributed by atoms with Crippen molar-refractivity contribution in [2.75, 3.05) is 11.7 Å². The first kappa shape index (κ1) is 20.5. The molecule has 3 heterocycles. The number of anilines is 1. The van der Waals surface area contributed by atoms with Crippen LogP contribution in [0.5, 0.6) is 11.5 Å². The van der Waals surface area contributed by atoms with Crippen molar-refractivity contribution in [2.45, 2.75) is 63.7 Å². The second kappa shape index (κ2) is 8.03. The maximum absolute atomic E-state index is 13.6. The molecule has 0 bridgehead atoms. The number of aryl methyl sites for hydroxylation is 1. The Morgan fingerprint density at radius 3 is 2.73 bits per heavy atom. The number of ether oxygens (including phenoxy) is 2. The predicted molar refractivity (Wildman–Crippen MR) is 124 cm³/mol. The van der Waals surface area contributed by atoms with E-state index in [1.165, 1.54) is 11.3 Å². The highest BCUT2D eigenvalue weighted by Gasteiger charge is 2.42. The maximum atomic E-state index is 13.6. The van der Waals surface area contributed by atoms with Gasteiger partial charge in [-0.3, -0.25) is 14.5 Å². The molecular weight excluding hydrogens is 436 g/mol. The number of Topliss-reactive ketones (excluding diaryl/α,β-unsaturated/α-hetero) is 1. The Morgan fingerprint density at radius 2 is 1.85 bits per heavy atom. The fourth-order valence-corrected chi connectivity index (χ4v) is 7.03. The van der Waals surface area contributed by atoms with E-state index in [1.54, 1.807) is 16.2 Å². The quantitative estimate of drug-likeness (QED) is 0.580. The van der Waals surface area contributed by atoms with E-state index in [0.717, 1.165) is 59.5 Å². The highest BCUT2D eigenvalue weighted by atomic mass is 32.1. The number of amides is 1. The molecule has 7 heteroatoms. The van der Waals surface area contributed by atoms with Gasteiger partial charge in [-0.15, -0.1) is 11.3 Å². The zero-order valence-electron chi connectivity index (χ0n) is 18.3. The standard InChI is InChI=1S/C26H24N2O4S/c27-13-18-16-5-2-1-3-8-23(16)33-26(18)28-19-6-4-7-20(29)25(19)17(12-24(28)30)15-9-10-21-22(11-15)32-14-31-21/h9-11,17H,1-8,12,14H2/t17-/m1/s1. The van der Waals surface area contributed by atoms with E-state index in [1.807, 2.05) is 18.2 Å². The van der Waals surface area contributed by atoms with E-state index in [-0.39, 0.29) is 30.8 Å². The van der Waals surface area contributed by atoms with Crippen molar-refractivity contribution in [3.05, 3.63) is 51.0 Å². The minimum atomic E-state index is -0.297. The maximum Gasteiger partial charge on any atom is 0.232 e. The molecule has 1 aromatic heterocycles. The number of hydrogen-bond acceptors (Lipinski definition) is 6. The number of nitrogens with zero attached hydrogens (tertiary/aromatic N) is 2. The second-order valence-corrected chi connectivity index (χ2v) is 10.2. The minimum Gasteiger partial charge on any atom is -0.454 e. The Hall–Kier alpha value is -3.11. The summed E-state index contributed by atoms with van der Waals surface area (Å²) in [4.78, 5) is 29.8. The number of carbonyl (C=O) groups excluding carboxylic acids is 2. The second-order valence-electron chi connectivity index (χ2n) is 9.09. The van der Waals surface area contributed by atoms with Gasteiger partial charge in [-0.05, 0) is 61.8 Å². The lowest BCUT2D eigenvalue weighted by Crippen LogP contribution is -2.40. The summed E-state index contributed by atoms with van der Waals surface area (Å²) in [6, 6.07) is 8.09. The van der Waals surface area contributed by atoms with Crippen molar-refractivity contribution in [2.24, 2.45) is 0 Å². The van der Waals surface area contributed by atoms with Crippen LogP contribution in [0.3, 0.4) is 0 Å². The van der Waals surface area contributed by atoms with E-state index < -0.39 is 0 Å². The highest BCUT2D eigenvalue weighted by molar-refractivity contribution is 7.16. The van der Waals surface area contributed by atoms with Crippen LogP contribution in [0.2, 0.25) is 0 Å². The molecular formula is C26H24N2O4S. The molecule has 0 saturated carbocycles. The Labute approximate surface area is 196 Å². The van der Waals surface area contributed by atoms with Crippen molar-refractivity contribution in [3.8, 4) is 17.6 Å². The molecule has 0 radical (unpaired) electrons. The van der Waals surface area contributed by atoms with Crippen molar-refractivity contribution in [3.63, 3.8) is 0 Å². The van der Waals surface area contributed by atoms with Crippen LogP contribution in [0, 0.1) is 11.3 Å². The minimum absolute atomic E-state index is 0.0426. The van der Waals surface area contributed by atoms with Crippen molar-refractivity contribution in [1.29, 1.82) is 5.26 Å². The normalized spacial score (nSPS) is 22.0. The molecule has 6 nitrogen and oxygen atoms in total. The molecule has 168 valence electrons. The first-order valence-corrected chi connectivity index (χ1v) is 12.5. The molecule has 2 aliphatic carbocycles. The lowest BCUT2D eigenvalue weighted by molar-refractivity contribution is -0.119. The number of rotatable bonds is 2. The van der Waals surface area contributed by atoms with Crippen molar-refractivity contribution in [1.82, 2.24) is 0 Å². The Morgan fingerprint density at radius 1 is 1.00 bits per heavy atom. The molecule has 0 spiro atoms. The van der Waals surface area contributed by atoms with Gasteiger partial charge in [-0.25, -0.2) is 0 Å². The average molecular weight is 461 g/mol. The van der Waals surface area contributed by atoms with Crippen LogP contribution >= 0.6 is 11.3 Å². The van der Waals surface area contributed by atoms with Crippen molar-refractivity contribution >= 4 is 28.0 Å². The summed E-state index contributed by atoms with van der Waals surface area (Å²) < 4.78 is 11.0. The van der Waals surface area contributed by atoms with Gasteiger partial charge in [-0.2, -0.15) is 5.26 Å². The number of carbonyl (C=O) groups is 2. The molecule has 1 atom stereocenters. The third-order valence-corrected chi connectivity index (χ3v) is 8.47. The molecule has 1 aromatic carbocycles. The lowest BCUT2D eigenvalue weighted by Gasteiger charge is -2.37. The number of allylic oxidation sites excluding steroid dienone is 2. The van der Waals surface area contributed by atoms with E-state index in [2.05, 4.69) is 6.07 Å².